The van der Waals surface area contributed by atoms with Crippen LogP contribution >= 0.6 is 0 Å². The summed E-state index contributed by atoms with van der Waals surface area (Å²) >= 11 is 0. The number of anilines is 2. The van der Waals surface area contributed by atoms with Crippen LogP contribution in [0.3, 0.4) is 0 Å². The lowest BCUT2D eigenvalue weighted by Crippen LogP contribution is -2.48. The summed E-state index contributed by atoms with van der Waals surface area (Å²) in [5.41, 5.74) is 0.468. The van der Waals surface area contributed by atoms with Gasteiger partial charge in [0.2, 0.25) is 0 Å². The molecule has 266 valence electrons. The molecule has 2 aromatic carbocycles. The molecule has 1 amide bonds. The highest BCUT2D eigenvalue weighted by Gasteiger charge is 2.34. The lowest BCUT2D eigenvalue weighted by molar-refractivity contribution is -0.138. The van der Waals surface area contributed by atoms with E-state index in [0.29, 0.717) is 56.4 Å². The number of carbonyl (C=O) groups excluding carboxylic acids is 1. The van der Waals surface area contributed by atoms with Crippen LogP contribution in [0, 0.1) is 24.2 Å². The van der Waals surface area contributed by atoms with Crippen molar-refractivity contribution in [2.45, 2.75) is 25.8 Å². The number of carbonyl (C=O) groups is 1. The fraction of sp³-hybridized carbons (Fsp3) is 0.278. The van der Waals surface area contributed by atoms with Crippen LogP contribution in [-0.4, -0.2) is 71.2 Å². The number of pyridine rings is 1. The van der Waals surface area contributed by atoms with E-state index in [9.17, 15) is 31.1 Å². The minimum atomic E-state index is -4.67. The van der Waals surface area contributed by atoms with Gasteiger partial charge in [0.25, 0.3) is 5.91 Å². The van der Waals surface area contributed by atoms with E-state index in [1.54, 1.807) is 29.2 Å². The predicted octanol–water partition coefficient (Wildman–Crippen LogP) is 6.38. The molecule has 0 spiro atoms. The van der Waals surface area contributed by atoms with E-state index in [4.69, 9.17) is 5.41 Å². The number of hydrogen-bond acceptors (Lipinski definition) is 7. The molecule has 1 aliphatic rings. The number of H-pyrrole nitrogens is 1. The summed E-state index contributed by atoms with van der Waals surface area (Å²) in [4.78, 5) is 28.1. The van der Waals surface area contributed by atoms with E-state index in [0.717, 1.165) is 36.2 Å². The molecule has 4 aromatic rings. The maximum atomic E-state index is 14.1. The molecule has 4 N–H and O–H groups in total. The molecule has 51 heavy (non-hydrogen) atoms. The van der Waals surface area contributed by atoms with Gasteiger partial charge in [0.1, 0.15) is 17.3 Å². The van der Waals surface area contributed by atoms with Crippen molar-refractivity contribution in [1.82, 2.24) is 25.2 Å². The summed E-state index contributed by atoms with van der Waals surface area (Å²) in [5.74, 6) is 6.11. The molecule has 0 atom stereocenters. The third kappa shape index (κ3) is 10.1. The summed E-state index contributed by atoms with van der Waals surface area (Å²) in [6.45, 7) is 4.74. The quantitative estimate of drug-likeness (QED) is 0.0659. The average Bonchev–Trinajstić information content (AvgIpc) is 3.56. The molecule has 0 unspecified atom stereocenters. The van der Waals surface area contributed by atoms with Gasteiger partial charge in [-0.1, -0.05) is 18.1 Å². The topological polar surface area (TPSA) is 113 Å². The van der Waals surface area contributed by atoms with Gasteiger partial charge in [0.15, 0.2) is 0 Å². The Bertz CT molecular complexity index is 1950. The first-order valence-electron chi connectivity index (χ1n) is 15.9. The number of imidazole rings is 1. The largest absolute Gasteiger partial charge is 0.416 e. The van der Waals surface area contributed by atoms with Crippen LogP contribution < -0.4 is 15.5 Å². The summed E-state index contributed by atoms with van der Waals surface area (Å²) in [7, 11) is 0. The molecule has 3 heterocycles. The van der Waals surface area contributed by atoms with Gasteiger partial charge in [-0.2, -0.15) is 26.3 Å². The van der Waals surface area contributed by atoms with Crippen molar-refractivity contribution in [1.29, 1.82) is 5.41 Å². The van der Waals surface area contributed by atoms with Crippen LogP contribution in [0.4, 0.5) is 37.8 Å². The lowest BCUT2D eigenvalue weighted by atomic mass is 10.0. The first-order chi connectivity index (χ1) is 24.3. The van der Waals surface area contributed by atoms with Crippen LogP contribution in [0.1, 0.15) is 49.7 Å². The zero-order valence-electron chi connectivity index (χ0n) is 27.4. The number of nitrogens with zero attached hydrogens (tertiary/aromatic N) is 4. The minimum Gasteiger partial charge on any atom is -0.354 e. The molecule has 0 radical (unpaired) electrons. The van der Waals surface area contributed by atoms with E-state index < -0.39 is 29.4 Å². The number of aromatic nitrogens is 3. The number of aromatic amines is 1. The van der Waals surface area contributed by atoms with Crippen LogP contribution in [-0.2, 0) is 18.9 Å². The lowest BCUT2D eigenvalue weighted by Gasteiger charge is -2.35. The molecule has 1 aliphatic heterocycles. The minimum absolute atomic E-state index is 0.0135. The number of allylic oxidation sites excluding steroid dienone is 1. The number of piperazine rings is 1. The van der Waals surface area contributed by atoms with Gasteiger partial charge in [-0.05, 0) is 72.5 Å². The third-order valence-electron chi connectivity index (χ3n) is 8.14. The smallest absolute Gasteiger partial charge is 0.354 e. The molecule has 0 aliphatic carbocycles. The van der Waals surface area contributed by atoms with Crippen molar-refractivity contribution in [3.8, 4) is 11.8 Å². The Balaban J connectivity index is 1.15. The maximum absolute atomic E-state index is 14.1. The monoisotopic (exact) mass is 708 g/mol. The zero-order valence-corrected chi connectivity index (χ0v) is 27.4. The van der Waals surface area contributed by atoms with Crippen molar-refractivity contribution >= 4 is 29.7 Å². The molecular formula is C36H34F6N8O. The number of benzene rings is 2. The van der Waals surface area contributed by atoms with E-state index >= 15 is 0 Å². The van der Waals surface area contributed by atoms with Gasteiger partial charge in [0.05, 0.1) is 17.3 Å². The van der Waals surface area contributed by atoms with Gasteiger partial charge >= 0.3 is 12.4 Å². The average molecular weight is 709 g/mol. The summed E-state index contributed by atoms with van der Waals surface area (Å²) in [6, 6.07) is 10.4. The Morgan fingerprint density at radius 3 is 2.49 bits per heavy atom. The van der Waals surface area contributed by atoms with Gasteiger partial charge in [0, 0.05) is 75.0 Å². The molecule has 0 bridgehead atoms. The number of nitrogens with one attached hydrogen (secondary N) is 4. The molecule has 1 fully saturated rings. The van der Waals surface area contributed by atoms with Crippen LogP contribution in [0.25, 0.3) is 6.08 Å². The fourth-order valence-electron chi connectivity index (χ4n) is 5.36. The summed E-state index contributed by atoms with van der Waals surface area (Å²) in [6.07, 6.45) is -2.20. The second-order valence-corrected chi connectivity index (χ2v) is 11.7. The first kappa shape index (κ1) is 36.8. The van der Waals surface area contributed by atoms with Crippen LogP contribution in [0.5, 0.6) is 0 Å². The number of alkyl halides is 6. The summed E-state index contributed by atoms with van der Waals surface area (Å²) < 4.78 is 81.5. The van der Waals surface area contributed by atoms with Crippen molar-refractivity contribution in [3.05, 3.63) is 112 Å². The van der Waals surface area contributed by atoms with Gasteiger partial charge in [-0.3, -0.25) is 9.69 Å². The molecule has 2 aromatic heterocycles. The normalized spacial score (nSPS) is 14.0. The van der Waals surface area contributed by atoms with Gasteiger partial charge < -0.3 is 25.9 Å². The number of rotatable bonds is 10. The zero-order chi connectivity index (χ0) is 36.6. The SMILES string of the molecule is Cc1ccc(C(=O)Nc2ccc(CNCCN3CCN(c4cc(C(F)(F)F)ccn4)CC3)c(C(F)(F)F)c2)cc1C#Cc1cnc(/C=C\C=N)[nH]1. The number of halogens is 6. The van der Waals surface area contributed by atoms with Crippen molar-refractivity contribution in [3.63, 3.8) is 0 Å². The molecule has 9 nitrogen and oxygen atoms in total. The molecule has 15 heteroatoms. The second-order valence-electron chi connectivity index (χ2n) is 11.7. The van der Waals surface area contributed by atoms with Crippen LogP contribution in [0.15, 0.2) is 67.0 Å². The Morgan fingerprint density at radius 1 is 0.980 bits per heavy atom. The number of hydrogen-bond donors (Lipinski definition) is 4. The predicted molar refractivity (Wildman–Crippen MR) is 183 cm³/mol. The fourth-order valence-corrected chi connectivity index (χ4v) is 5.36. The molecule has 0 saturated carbocycles. The first-order valence-corrected chi connectivity index (χ1v) is 15.9. The van der Waals surface area contributed by atoms with E-state index in [1.165, 1.54) is 24.4 Å². The highest BCUT2D eigenvalue weighted by molar-refractivity contribution is 6.04. The Kier molecular flexibility index (Phi) is 11.6. The number of amides is 1. The number of aryl methyl sites for hydroxylation is 1. The third-order valence-corrected chi connectivity index (χ3v) is 8.14. The Hall–Kier alpha value is -5.46. The summed E-state index contributed by atoms with van der Waals surface area (Å²) in [5, 5.41) is 12.7. The highest BCUT2D eigenvalue weighted by atomic mass is 19.4. The Morgan fingerprint density at radius 2 is 1.76 bits per heavy atom. The van der Waals surface area contributed by atoms with Crippen molar-refractivity contribution < 1.29 is 31.1 Å². The van der Waals surface area contributed by atoms with Crippen molar-refractivity contribution in [2.24, 2.45) is 0 Å². The molecule has 5 rings (SSSR count). The van der Waals surface area contributed by atoms with E-state index in [1.807, 2.05) is 6.92 Å². The highest BCUT2D eigenvalue weighted by Crippen LogP contribution is 2.34. The van der Waals surface area contributed by atoms with Gasteiger partial charge in [-0.15, -0.1) is 0 Å². The molecular weight excluding hydrogens is 674 g/mol. The van der Waals surface area contributed by atoms with Crippen molar-refractivity contribution in [2.75, 3.05) is 49.5 Å². The van der Waals surface area contributed by atoms with E-state index in [-0.39, 0.29) is 29.2 Å². The second kappa shape index (κ2) is 16.0. The van der Waals surface area contributed by atoms with E-state index in [2.05, 4.69) is 42.3 Å². The standard InChI is InChI=1S/C36H34F6N8O/c1-24-4-5-26(19-25(24)6-9-30-23-46-32(47-30)3-2-11-43)34(51)48-29-8-7-27(31(21-29)36(40,41)42)22-44-13-14-49-15-17-50(18-16-49)33-20-28(10-12-45-33)35(37,38)39/h2-5,7-8,10-12,19-21,23,43-44H,13-18,22H2,1H3,(H,46,47)(H,48,51)/b3-2-,43-11?. The maximum Gasteiger partial charge on any atom is 0.416 e. The van der Waals surface area contributed by atoms with Crippen LogP contribution in [0.2, 0.25) is 0 Å². The van der Waals surface area contributed by atoms with Gasteiger partial charge in [-0.25, -0.2) is 9.97 Å². The Labute approximate surface area is 290 Å². The molecule has 1 saturated heterocycles.